The van der Waals surface area contributed by atoms with Crippen LogP contribution < -0.4 is 0 Å². The van der Waals surface area contributed by atoms with Crippen molar-refractivity contribution in [3.05, 3.63) is 0 Å². The zero-order valence-electron chi connectivity index (χ0n) is 20.2. The molecule has 1 aliphatic rings. The number of hydrogen-bond donors (Lipinski definition) is 0. The molecule has 1 unspecified atom stereocenters. The molecule has 0 saturated carbocycles. The Balaban J connectivity index is 2.74. The van der Waals surface area contributed by atoms with Crippen LogP contribution in [-0.2, 0) is 9.47 Å². The summed E-state index contributed by atoms with van der Waals surface area (Å²) in [7, 11) is 0. The molecule has 1 saturated heterocycles. The normalized spacial score (nSPS) is 29.0. The second-order valence-corrected chi connectivity index (χ2v) is 4.96. The van der Waals surface area contributed by atoms with E-state index in [1.165, 1.54) is 0 Å². The van der Waals surface area contributed by atoms with Crippen molar-refractivity contribution in [3.8, 4) is 0 Å². The van der Waals surface area contributed by atoms with Crippen molar-refractivity contribution in [2.75, 3.05) is 13.2 Å². The zero-order valence-corrected chi connectivity index (χ0v) is 12.2. The Morgan fingerprint density at radius 3 is 2.53 bits per heavy atom. The number of rotatable bonds is 12. The Labute approximate surface area is 131 Å². The minimum absolute atomic E-state index is 0.165. The van der Waals surface area contributed by atoms with Crippen LogP contribution in [0.4, 0.5) is 0 Å². The van der Waals surface area contributed by atoms with E-state index in [2.05, 4.69) is 6.92 Å². The fourth-order valence-corrected chi connectivity index (χ4v) is 2.03. The van der Waals surface area contributed by atoms with E-state index in [0.29, 0.717) is 19.4 Å². The Hall–Kier alpha value is -0.0800. The molecule has 1 atom stereocenters. The smallest absolute Gasteiger partial charge is 0.157 e. The maximum Gasteiger partial charge on any atom is 0.157 e. The summed E-state index contributed by atoms with van der Waals surface area (Å²) in [5, 5.41) is 0. The van der Waals surface area contributed by atoms with Crippen molar-refractivity contribution in [3.63, 3.8) is 0 Å². The maximum absolute atomic E-state index is 8.11. The van der Waals surface area contributed by atoms with Crippen LogP contribution in [0.3, 0.4) is 0 Å². The Bertz CT molecular complexity index is 437. The van der Waals surface area contributed by atoms with Crippen molar-refractivity contribution in [2.24, 2.45) is 0 Å². The van der Waals surface area contributed by atoms with Crippen LogP contribution in [0.25, 0.3) is 0 Å². The molecule has 1 heterocycles. The fraction of sp³-hybridized carbons (Fsp3) is 1.00. The highest BCUT2D eigenvalue weighted by molar-refractivity contribution is 4.54. The third-order valence-electron chi connectivity index (χ3n) is 3.19. The lowest BCUT2D eigenvalue weighted by atomic mass is 10.1. The predicted molar refractivity (Wildman–Crippen MR) is 81.4 cm³/mol. The Morgan fingerprint density at radius 1 is 1.00 bits per heavy atom. The average Bonchev–Trinajstić information content (AvgIpc) is 2.58. The quantitative estimate of drug-likeness (QED) is 0.442. The van der Waals surface area contributed by atoms with E-state index in [0.717, 1.165) is 44.9 Å². The van der Waals surface area contributed by atoms with Gasteiger partial charge in [-0.1, -0.05) is 64.6 Å². The van der Waals surface area contributed by atoms with Crippen molar-refractivity contribution in [1.29, 1.82) is 0 Å². The van der Waals surface area contributed by atoms with Crippen LogP contribution in [0, 0.1) is 0 Å². The van der Waals surface area contributed by atoms with Gasteiger partial charge in [0, 0.05) is 21.4 Å². The molecule has 2 nitrogen and oxygen atoms in total. The van der Waals surface area contributed by atoms with E-state index in [4.69, 9.17) is 20.4 Å². The van der Waals surface area contributed by atoms with Gasteiger partial charge in [-0.2, -0.15) is 0 Å². The molecule has 0 aliphatic carbocycles. The highest BCUT2D eigenvalue weighted by Crippen LogP contribution is 2.15. The highest BCUT2D eigenvalue weighted by atomic mass is 16.7. The standard InChI is InChI=1S/C17H34O2/c1-2-3-4-5-6-7-8-9-10-12-15-18-17-14-11-13-16-19-17/h17H,2-16H2,1H3/i9D2,10D2,12D2,15D2. The van der Waals surface area contributed by atoms with Crippen molar-refractivity contribution < 1.29 is 20.4 Å². The van der Waals surface area contributed by atoms with Crippen LogP contribution in [0.1, 0.15) is 101 Å². The molecule has 1 fully saturated rings. The number of ether oxygens (including phenoxy) is 2. The van der Waals surface area contributed by atoms with Crippen molar-refractivity contribution >= 4 is 0 Å². The lowest BCUT2D eigenvalue weighted by Gasteiger charge is -2.22. The summed E-state index contributed by atoms with van der Waals surface area (Å²) in [5.41, 5.74) is 0. The summed E-state index contributed by atoms with van der Waals surface area (Å²) in [4.78, 5) is 0. The van der Waals surface area contributed by atoms with E-state index >= 15 is 0 Å². The van der Waals surface area contributed by atoms with Gasteiger partial charge in [-0.05, 0) is 25.6 Å². The van der Waals surface area contributed by atoms with Gasteiger partial charge in [0.2, 0.25) is 0 Å². The summed E-state index contributed by atoms with van der Waals surface area (Å²) < 4.78 is 74.9. The lowest BCUT2D eigenvalue weighted by Crippen LogP contribution is -2.22. The molecule has 1 rings (SSSR count). The van der Waals surface area contributed by atoms with Gasteiger partial charge in [0.15, 0.2) is 6.29 Å². The lowest BCUT2D eigenvalue weighted by molar-refractivity contribution is -0.162. The minimum atomic E-state index is -3.19. The van der Waals surface area contributed by atoms with E-state index in [-0.39, 0.29) is 6.42 Å². The summed E-state index contributed by atoms with van der Waals surface area (Å²) in [6, 6.07) is 0. The largest absolute Gasteiger partial charge is 0.353 e. The molecule has 0 aromatic rings. The first-order valence-electron chi connectivity index (χ1n) is 11.7. The number of unbranched alkanes of at least 4 members (excludes halogenated alkanes) is 5. The molecule has 114 valence electrons. The van der Waals surface area contributed by atoms with Gasteiger partial charge in [0.1, 0.15) is 0 Å². The second-order valence-electron chi connectivity index (χ2n) is 4.96. The molecule has 0 aromatic carbocycles. The second kappa shape index (κ2) is 12.9. The first-order chi connectivity index (χ1) is 12.4. The van der Waals surface area contributed by atoms with Crippen LogP contribution in [0.5, 0.6) is 0 Å². The van der Waals surface area contributed by atoms with Crippen LogP contribution in [0.15, 0.2) is 0 Å². The molecule has 0 spiro atoms. The van der Waals surface area contributed by atoms with E-state index < -0.39 is 32.0 Å². The summed E-state index contributed by atoms with van der Waals surface area (Å²) in [6.45, 7) is -0.536. The van der Waals surface area contributed by atoms with Crippen LogP contribution in [0.2, 0.25) is 0 Å². The van der Waals surface area contributed by atoms with Gasteiger partial charge in [-0.3, -0.25) is 0 Å². The third kappa shape index (κ3) is 10.4. The molecular weight excluding hydrogens is 236 g/mol. The molecule has 0 amide bonds. The molecule has 2 heteroatoms. The van der Waals surface area contributed by atoms with E-state index in [1.807, 2.05) is 0 Å². The van der Waals surface area contributed by atoms with Gasteiger partial charge in [0.25, 0.3) is 0 Å². The predicted octanol–water partition coefficient (Wildman–Crippen LogP) is 5.45. The van der Waals surface area contributed by atoms with Gasteiger partial charge in [0.05, 0.1) is 2.74 Å². The van der Waals surface area contributed by atoms with Crippen LogP contribution >= 0.6 is 0 Å². The third-order valence-corrected chi connectivity index (χ3v) is 3.19. The maximum atomic E-state index is 8.11. The molecule has 0 bridgehead atoms. The SMILES string of the molecule is [2H]C([2H])(CCCCCCCC)C([2H])([2H])C([2H])([2H])C([2H])([2H])OC1CCCCO1. The molecular formula is C17H34O2. The van der Waals surface area contributed by atoms with Gasteiger partial charge >= 0.3 is 0 Å². The fourth-order valence-electron chi connectivity index (χ4n) is 2.03. The van der Waals surface area contributed by atoms with E-state index in [1.54, 1.807) is 0 Å². The van der Waals surface area contributed by atoms with Crippen LogP contribution in [-0.4, -0.2) is 19.5 Å². The average molecular weight is 279 g/mol. The Kier molecular flexibility index (Phi) is 5.70. The van der Waals surface area contributed by atoms with Crippen molar-refractivity contribution in [2.45, 2.75) is 96.5 Å². The first kappa shape index (κ1) is 8.38. The summed E-state index contributed by atoms with van der Waals surface area (Å²) in [6.07, 6.45) is -2.53. The van der Waals surface area contributed by atoms with E-state index in [9.17, 15) is 0 Å². The summed E-state index contributed by atoms with van der Waals surface area (Å²) in [5.74, 6) is 0. The molecule has 1 aliphatic heterocycles. The minimum Gasteiger partial charge on any atom is -0.353 e. The molecule has 0 aromatic heterocycles. The summed E-state index contributed by atoms with van der Waals surface area (Å²) >= 11 is 0. The number of hydrogen-bond acceptors (Lipinski definition) is 2. The van der Waals surface area contributed by atoms with Gasteiger partial charge in [-0.15, -0.1) is 0 Å². The topological polar surface area (TPSA) is 18.5 Å². The van der Waals surface area contributed by atoms with Gasteiger partial charge in [-0.25, -0.2) is 0 Å². The monoisotopic (exact) mass is 278 g/mol. The van der Waals surface area contributed by atoms with Gasteiger partial charge < -0.3 is 9.47 Å². The first-order valence-corrected chi connectivity index (χ1v) is 7.68. The zero-order chi connectivity index (χ0) is 20.8. The van der Waals surface area contributed by atoms with Crippen molar-refractivity contribution in [1.82, 2.24) is 0 Å². The molecule has 0 N–H and O–H groups in total. The Morgan fingerprint density at radius 2 is 1.79 bits per heavy atom. The highest BCUT2D eigenvalue weighted by Gasteiger charge is 2.13. The molecule has 19 heavy (non-hydrogen) atoms. The molecule has 0 radical (unpaired) electrons.